The molecule has 1 aromatic carbocycles. The highest BCUT2D eigenvalue weighted by molar-refractivity contribution is 7.89. The molecule has 2 aromatic rings. The number of halogens is 3. The first-order valence-corrected chi connectivity index (χ1v) is 7.36. The van der Waals surface area contributed by atoms with Crippen LogP contribution in [-0.4, -0.2) is 13.4 Å². The van der Waals surface area contributed by atoms with Gasteiger partial charge < -0.3 is 0 Å². The Kier molecular flexibility index (Phi) is 4.29. The third kappa shape index (κ3) is 3.40. The molecule has 0 aliphatic rings. The van der Waals surface area contributed by atoms with Gasteiger partial charge >= 0.3 is 0 Å². The highest BCUT2D eigenvalue weighted by Gasteiger charge is 2.24. The van der Waals surface area contributed by atoms with Gasteiger partial charge in [-0.25, -0.2) is 26.3 Å². The Bertz CT molecular complexity index is 752. The molecule has 0 aliphatic heterocycles. The number of benzene rings is 1. The second-order valence-electron chi connectivity index (χ2n) is 4.33. The molecular weight excluding hydrogens is 305 g/mol. The molecule has 1 aromatic heterocycles. The molecule has 0 radical (unpaired) electrons. The number of rotatable bonds is 4. The van der Waals surface area contributed by atoms with Crippen LogP contribution in [0.1, 0.15) is 18.5 Å². The van der Waals surface area contributed by atoms with Crippen molar-refractivity contribution in [3.05, 3.63) is 59.7 Å². The fraction of sp³-hybridized carbons (Fsp3) is 0.154. The molecule has 1 atom stereocenters. The van der Waals surface area contributed by atoms with Crippen LogP contribution in [0, 0.1) is 17.5 Å². The lowest BCUT2D eigenvalue weighted by Gasteiger charge is -2.14. The number of hydrogen-bond acceptors (Lipinski definition) is 3. The van der Waals surface area contributed by atoms with Gasteiger partial charge in [0.15, 0.2) is 11.6 Å². The van der Waals surface area contributed by atoms with Crippen LogP contribution in [0.25, 0.3) is 0 Å². The van der Waals surface area contributed by atoms with E-state index in [0.717, 1.165) is 0 Å². The molecule has 0 fully saturated rings. The second-order valence-corrected chi connectivity index (χ2v) is 6.01. The van der Waals surface area contributed by atoms with Gasteiger partial charge in [0.2, 0.25) is 10.0 Å². The minimum atomic E-state index is -4.34. The van der Waals surface area contributed by atoms with E-state index in [9.17, 15) is 21.6 Å². The Morgan fingerprint density at radius 2 is 1.81 bits per heavy atom. The van der Waals surface area contributed by atoms with E-state index in [1.54, 1.807) is 12.1 Å². The number of nitrogens with one attached hydrogen (secondary N) is 1. The van der Waals surface area contributed by atoms with Gasteiger partial charge in [-0.1, -0.05) is 6.07 Å². The lowest BCUT2D eigenvalue weighted by molar-refractivity contribution is 0.480. The summed E-state index contributed by atoms with van der Waals surface area (Å²) < 4.78 is 65.7. The van der Waals surface area contributed by atoms with Crippen LogP contribution in [0.4, 0.5) is 13.2 Å². The molecule has 1 heterocycles. The lowest BCUT2D eigenvalue weighted by atomic mass is 10.2. The summed E-state index contributed by atoms with van der Waals surface area (Å²) in [6.45, 7) is 1.52. The van der Waals surface area contributed by atoms with E-state index in [1.807, 2.05) is 0 Å². The van der Waals surface area contributed by atoms with Crippen LogP contribution >= 0.6 is 0 Å². The van der Waals surface area contributed by atoms with E-state index in [4.69, 9.17) is 0 Å². The van der Waals surface area contributed by atoms with E-state index in [1.165, 1.54) is 19.3 Å². The number of hydrogen-bond donors (Lipinski definition) is 1. The number of sulfonamides is 1. The van der Waals surface area contributed by atoms with Crippen LogP contribution in [0.5, 0.6) is 0 Å². The highest BCUT2D eigenvalue weighted by atomic mass is 32.2. The van der Waals surface area contributed by atoms with Crippen molar-refractivity contribution in [1.82, 2.24) is 9.71 Å². The average molecular weight is 316 g/mol. The highest BCUT2D eigenvalue weighted by Crippen LogP contribution is 2.21. The maximum Gasteiger partial charge on any atom is 0.244 e. The maximum atomic E-state index is 13.5. The molecule has 0 amide bonds. The second kappa shape index (κ2) is 5.82. The molecule has 0 saturated carbocycles. The minimum absolute atomic E-state index is 0.193. The van der Waals surface area contributed by atoms with Gasteiger partial charge in [0.25, 0.3) is 0 Å². The van der Waals surface area contributed by atoms with E-state index < -0.39 is 38.4 Å². The Morgan fingerprint density at radius 3 is 2.43 bits per heavy atom. The first-order valence-electron chi connectivity index (χ1n) is 5.88. The van der Waals surface area contributed by atoms with E-state index >= 15 is 0 Å². The molecular formula is C13H11F3N2O2S. The molecule has 0 bridgehead atoms. The summed E-state index contributed by atoms with van der Waals surface area (Å²) in [6.07, 6.45) is 2.95. The largest absolute Gasteiger partial charge is 0.264 e. The summed E-state index contributed by atoms with van der Waals surface area (Å²) in [5.74, 6) is -4.25. The fourth-order valence-electron chi connectivity index (χ4n) is 1.71. The zero-order valence-electron chi connectivity index (χ0n) is 10.8. The summed E-state index contributed by atoms with van der Waals surface area (Å²) in [7, 11) is -4.34. The Hall–Kier alpha value is -1.93. The van der Waals surface area contributed by atoms with Crippen LogP contribution in [0.3, 0.4) is 0 Å². The van der Waals surface area contributed by atoms with Gasteiger partial charge in [0.1, 0.15) is 10.7 Å². The van der Waals surface area contributed by atoms with Crippen molar-refractivity contribution in [2.45, 2.75) is 17.9 Å². The third-order valence-corrected chi connectivity index (χ3v) is 4.34. The van der Waals surface area contributed by atoms with E-state index in [2.05, 4.69) is 9.71 Å². The zero-order valence-corrected chi connectivity index (χ0v) is 11.7. The van der Waals surface area contributed by atoms with Gasteiger partial charge in [0.05, 0.1) is 0 Å². The molecule has 1 unspecified atom stereocenters. The molecule has 21 heavy (non-hydrogen) atoms. The first kappa shape index (κ1) is 15.5. The third-order valence-electron chi connectivity index (χ3n) is 2.78. The monoisotopic (exact) mass is 316 g/mol. The molecule has 8 heteroatoms. The number of nitrogens with zero attached hydrogens (tertiary/aromatic N) is 1. The molecule has 0 spiro atoms. The topological polar surface area (TPSA) is 59.1 Å². The van der Waals surface area contributed by atoms with Crippen molar-refractivity contribution in [3.8, 4) is 0 Å². The summed E-state index contributed by atoms with van der Waals surface area (Å²) in [5, 5.41) is 0. The number of aromatic nitrogens is 1. The Balaban J connectivity index is 2.33. The smallest absolute Gasteiger partial charge is 0.244 e. The van der Waals surface area contributed by atoms with Gasteiger partial charge in [-0.15, -0.1) is 0 Å². The predicted octanol–water partition coefficient (Wildman–Crippen LogP) is 2.54. The van der Waals surface area contributed by atoms with Gasteiger partial charge in [-0.3, -0.25) is 4.98 Å². The summed E-state index contributed by atoms with van der Waals surface area (Å²) in [5.41, 5.74) is 0.545. The van der Waals surface area contributed by atoms with Crippen molar-refractivity contribution in [3.63, 3.8) is 0 Å². The maximum absolute atomic E-state index is 13.5. The van der Waals surface area contributed by atoms with Crippen molar-refractivity contribution in [2.24, 2.45) is 0 Å². The van der Waals surface area contributed by atoms with E-state index in [-0.39, 0.29) is 6.07 Å². The summed E-state index contributed by atoms with van der Waals surface area (Å²) in [4.78, 5) is 2.89. The number of pyridine rings is 1. The first-order chi connectivity index (χ1) is 9.81. The standard InChI is InChI=1S/C13H11F3N2O2S/c1-8(9-3-2-4-17-7-9)18-21(19,20)13-6-11(15)10(14)5-12(13)16/h2-8,18H,1H3. The van der Waals surface area contributed by atoms with E-state index in [0.29, 0.717) is 11.6 Å². The van der Waals surface area contributed by atoms with Crippen LogP contribution in [0.2, 0.25) is 0 Å². The van der Waals surface area contributed by atoms with Gasteiger partial charge in [0, 0.05) is 24.5 Å². The van der Waals surface area contributed by atoms with Crippen LogP contribution in [0.15, 0.2) is 41.6 Å². The quantitative estimate of drug-likeness (QED) is 0.882. The molecule has 4 nitrogen and oxygen atoms in total. The van der Waals surface area contributed by atoms with Crippen molar-refractivity contribution in [2.75, 3.05) is 0 Å². The normalized spacial score (nSPS) is 13.1. The van der Waals surface area contributed by atoms with Crippen LogP contribution < -0.4 is 4.72 Å². The Labute approximate surface area is 119 Å². The van der Waals surface area contributed by atoms with Gasteiger partial charge in [-0.05, 0) is 24.6 Å². The minimum Gasteiger partial charge on any atom is -0.264 e. The molecule has 1 N–H and O–H groups in total. The summed E-state index contributed by atoms with van der Waals surface area (Å²) >= 11 is 0. The average Bonchev–Trinajstić information content (AvgIpc) is 2.43. The summed E-state index contributed by atoms with van der Waals surface area (Å²) in [6, 6.07) is 3.03. The SMILES string of the molecule is CC(NS(=O)(=O)c1cc(F)c(F)cc1F)c1cccnc1. The predicted molar refractivity (Wildman–Crippen MR) is 69.3 cm³/mol. The fourth-order valence-corrected chi connectivity index (χ4v) is 3.01. The molecule has 0 aliphatic carbocycles. The molecule has 0 saturated heterocycles. The van der Waals surface area contributed by atoms with Crippen molar-refractivity contribution < 1.29 is 21.6 Å². The van der Waals surface area contributed by atoms with Gasteiger partial charge in [-0.2, -0.15) is 0 Å². The molecule has 2 rings (SSSR count). The lowest BCUT2D eigenvalue weighted by Crippen LogP contribution is -2.28. The zero-order chi connectivity index (χ0) is 15.6. The van der Waals surface area contributed by atoms with Crippen molar-refractivity contribution in [1.29, 1.82) is 0 Å². The molecule has 112 valence electrons. The van der Waals surface area contributed by atoms with Crippen molar-refractivity contribution >= 4 is 10.0 Å². The Morgan fingerprint density at radius 1 is 1.14 bits per heavy atom. The van der Waals surface area contributed by atoms with Crippen LogP contribution in [-0.2, 0) is 10.0 Å².